The summed E-state index contributed by atoms with van der Waals surface area (Å²) in [5.74, 6) is -0.0137. The van der Waals surface area contributed by atoms with Gasteiger partial charge in [-0.15, -0.1) is 0 Å². The Kier molecular flexibility index (Phi) is 13.2. The Morgan fingerprint density at radius 1 is 0.698 bits per heavy atom. The predicted molar refractivity (Wildman–Crippen MR) is 220 cm³/mol. The molecule has 7 fully saturated rings. The summed E-state index contributed by atoms with van der Waals surface area (Å²) in [5.41, 5.74) is -0.269. The highest BCUT2D eigenvalue weighted by Crippen LogP contribution is 2.72. The summed E-state index contributed by atoms with van der Waals surface area (Å²) >= 11 is 0. The van der Waals surface area contributed by atoms with E-state index in [9.17, 15) is 55.9 Å². The maximum atomic E-state index is 13.0. The fourth-order valence-corrected chi connectivity index (χ4v) is 14.5. The Hall–Kier alpha value is -1.39. The van der Waals surface area contributed by atoms with E-state index in [1.165, 1.54) is 12.5 Å². The molecule has 0 bridgehead atoms. The molecule has 17 heteroatoms. The summed E-state index contributed by atoms with van der Waals surface area (Å²) < 4.78 is 36.1. The molecule has 0 amide bonds. The van der Waals surface area contributed by atoms with Crippen LogP contribution in [0.3, 0.4) is 0 Å². The first-order chi connectivity index (χ1) is 29.6. The topological polar surface area (TPSA) is 275 Å². The minimum Gasteiger partial charge on any atom is -0.481 e. The molecule has 3 saturated heterocycles. The number of allylic oxidation sites excluding steroid dienone is 2. The van der Waals surface area contributed by atoms with Gasteiger partial charge in [-0.3, -0.25) is 4.79 Å². The van der Waals surface area contributed by atoms with Crippen molar-refractivity contribution in [1.82, 2.24) is 0 Å². The van der Waals surface area contributed by atoms with E-state index in [0.29, 0.717) is 25.2 Å². The molecule has 3 aliphatic heterocycles. The lowest BCUT2D eigenvalue weighted by molar-refractivity contribution is -0.383. The molecule has 0 aromatic heterocycles. The second-order valence-electron chi connectivity index (χ2n) is 22.2. The first-order valence-electron chi connectivity index (χ1n) is 23.4. The van der Waals surface area contributed by atoms with Gasteiger partial charge in [-0.2, -0.15) is 0 Å². The number of carboxylic acids is 1. The number of fused-ring (bicyclic) bond motifs is 7. The van der Waals surface area contributed by atoms with Gasteiger partial charge in [0.2, 0.25) is 0 Å². The molecule has 23 atom stereocenters. The quantitative estimate of drug-likeness (QED) is 0.114. The number of ether oxygens (including phenoxy) is 6. The minimum absolute atomic E-state index is 0.0291. The molecular weight excluding hydrogens is 824 g/mol. The molecule has 8 rings (SSSR count). The summed E-state index contributed by atoms with van der Waals surface area (Å²) in [7, 11) is 0. The van der Waals surface area contributed by atoms with Crippen LogP contribution < -0.4 is 0 Å². The van der Waals surface area contributed by atoms with Crippen molar-refractivity contribution in [3.05, 3.63) is 11.6 Å². The van der Waals surface area contributed by atoms with Crippen molar-refractivity contribution < 1.29 is 84.3 Å². The van der Waals surface area contributed by atoms with Crippen molar-refractivity contribution in [1.29, 1.82) is 0 Å². The summed E-state index contributed by atoms with van der Waals surface area (Å²) in [4.78, 5) is 13.0. The van der Waals surface area contributed by atoms with Gasteiger partial charge in [0.25, 0.3) is 0 Å². The predicted octanol–water partition coefficient (Wildman–Crippen LogP) is 0.955. The zero-order valence-electron chi connectivity index (χ0n) is 37.6. The number of aliphatic hydroxyl groups is 9. The van der Waals surface area contributed by atoms with Crippen LogP contribution in [0.2, 0.25) is 0 Å². The molecule has 4 saturated carbocycles. The van der Waals surface area contributed by atoms with Crippen LogP contribution in [0, 0.1) is 50.7 Å². The molecule has 17 nitrogen and oxygen atoms in total. The van der Waals surface area contributed by atoms with E-state index in [1.54, 1.807) is 0 Å². The summed E-state index contributed by atoms with van der Waals surface area (Å²) in [5, 5.41) is 108. The van der Waals surface area contributed by atoms with E-state index >= 15 is 0 Å². The number of aliphatic carboxylic acids is 1. The van der Waals surface area contributed by atoms with E-state index in [1.807, 2.05) is 6.92 Å². The summed E-state index contributed by atoms with van der Waals surface area (Å²) in [6.07, 6.45) is -11.7. The monoisotopic (exact) mass is 898 g/mol. The van der Waals surface area contributed by atoms with Crippen molar-refractivity contribution in [2.75, 3.05) is 19.8 Å². The van der Waals surface area contributed by atoms with Gasteiger partial charge in [0, 0.05) is 5.41 Å². The van der Waals surface area contributed by atoms with Crippen LogP contribution in [0.1, 0.15) is 106 Å². The molecule has 5 aliphatic carbocycles. The van der Waals surface area contributed by atoms with Crippen LogP contribution in [0.4, 0.5) is 0 Å². The van der Waals surface area contributed by atoms with Crippen LogP contribution in [-0.2, 0) is 33.2 Å². The Morgan fingerprint density at radius 3 is 2.06 bits per heavy atom. The third kappa shape index (κ3) is 7.78. The maximum Gasteiger partial charge on any atom is 0.310 e. The fourth-order valence-electron chi connectivity index (χ4n) is 14.5. The zero-order chi connectivity index (χ0) is 45.8. The van der Waals surface area contributed by atoms with Crippen LogP contribution in [0.5, 0.6) is 0 Å². The fraction of sp³-hybridized carbons (Fsp3) is 0.935. The number of hydrogen-bond acceptors (Lipinski definition) is 16. The highest BCUT2D eigenvalue weighted by Gasteiger charge is 2.67. The lowest BCUT2D eigenvalue weighted by Crippen LogP contribution is -2.66. The minimum atomic E-state index is -1.82. The van der Waals surface area contributed by atoms with Crippen molar-refractivity contribution >= 4 is 5.97 Å². The van der Waals surface area contributed by atoms with Gasteiger partial charge in [0.1, 0.15) is 61.0 Å². The van der Waals surface area contributed by atoms with Gasteiger partial charge < -0.3 is 79.5 Å². The number of carboxylic acid groups (broad SMARTS) is 1. The molecule has 0 spiro atoms. The Balaban J connectivity index is 1.00. The second kappa shape index (κ2) is 17.3. The smallest absolute Gasteiger partial charge is 0.310 e. The SMILES string of the molecule is CC1OC(OC2C(OC3CCC4(C)C(CCC5(C)C6CCC7(C(=O)O)CCC(C)(C)CC7C6=CCC54)C3(C)CO)OCC(O)C2O)C(O)C(OC2OC(CO)C(O)C(O)C2O)C1O. The van der Waals surface area contributed by atoms with E-state index in [0.717, 1.165) is 44.9 Å². The molecular formula is C46H74O17. The van der Waals surface area contributed by atoms with Gasteiger partial charge >= 0.3 is 5.97 Å². The average molecular weight is 899 g/mol. The van der Waals surface area contributed by atoms with E-state index in [-0.39, 0.29) is 47.2 Å². The molecule has 23 unspecified atom stereocenters. The lowest BCUT2D eigenvalue weighted by Gasteiger charge is -2.68. The zero-order valence-corrected chi connectivity index (χ0v) is 37.6. The van der Waals surface area contributed by atoms with E-state index in [2.05, 4.69) is 33.8 Å². The van der Waals surface area contributed by atoms with E-state index < -0.39 is 116 Å². The number of aliphatic hydroxyl groups excluding tert-OH is 9. The average Bonchev–Trinajstić information content (AvgIpc) is 3.24. The van der Waals surface area contributed by atoms with Crippen molar-refractivity contribution in [2.24, 2.45) is 50.7 Å². The van der Waals surface area contributed by atoms with Crippen molar-refractivity contribution in [3.8, 4) is 0 Å². The first-order valence-corrected chi connectivity index (χ1v) is 23.4. The van der Waals surface area contributed by atoms with Crippen LogP contribution >= 0.6 is 0 Å². The standard InChI is InChI=1S/C46H74O17/c1-21-30(50)36(62-38-34(54)33(53)32(52)26(18-47)60-38)35(55)39(59-21)63-37-31(51)25(49)19-58-40(37)61-29-11-13-44(5)27-8-7-22-23(43(27,4)12-10-28(44)45(29,6)20-48)9-14-46(41(56)57)16-15-42(2,3)17-24(22)46/h7,21,23-40,47-55H,8-20H2,1-6H3,(H,56,57). The molecule has 63 heavy (non-hydrogen) atoms. The molecule has 0 aromatic rings. The normalized spacial score (nSPS) is 54.5. The summed E-state index contributed by atoms with van der Waals surface area (Å²) in [6.45, 7) is 11.7. The Labute approximate surface area is 369 Å². The number of rotatable bonds is 9. The third-order valence-electron chi connectivity index (χ3n) is 18.3. The van der Waals surface area contributed by atoms with Gasteiger partial charge in [0.15, 0.2) is 18.9 Å². The maximum absolute atomic E-state index is 13.0. The largest absolute Gasteiger partial charge is 0.481 e. The molecule has 0 aromatic carbocycles. The highest BCUT2D eigenvalue weighted by atomic mass is 16.8. The van der Waals surface area contributed by atoms with Gasteiger partial charge in [-0.05, 0) is 111 Å². The van der Waals surface area contributed by atoms with Gasteiger partial charge in [-0.25, -0.2) is 0 Å². The van der Waals surface area contributed by atoms with Gasteiger partial charge in [0.05, 0.1) is 37.4 Å². The number of hydrogen-bond donors (Lipinski definition) is 10. The first kappa shape index (κ1) is 48.1. The van der Waals surface area contributed by atoms with Crippen LogP contribution in [-0.4, -0.2) is 169 Å². The lowest BCUT2D eigenvalue weighted by atomic mass is 9.37. The molecule has 3 heterocycles. The Bertz CT molecular complexity index is 1690. The van der Waals surface area contributed by atoms with Crippen LogP contribution in [0.25, 0.3) is 0 Å². The van der Waals surface area contributed by atoms with Crippen LogP contribution in [0.15, 0.2) is 11.6 Å². The Morgan fingerprint density at radius 2 is 1.38 bits per heavy atom. The molecule has 0 radical (unpaired) electrons. The molecule has 8 aliphatic rings. The van der Waals surface area contributed by atoms with Crippen molar-refractivity contribution in [2.45, 2.75) is 198 Å². The highest BCUT2D eigenvalue weighted by molar-refractivity contribution is 5.76. The third-order valence-corrected chi connectivity index (χ3v) is 18.3. The molecule has 10 N–H and O–H groups in total. The van der Waals surface area contributed by atoms with E-state index in [4.69, 9.17) is 28.4 Å². The van der Waals surface area contributed by atoms with Crippen molar-refractivity contribution in [3.63, 3.8) is 0 Å². The van der Waals surface area contributed by atoms with Gasteiger partial charge in [-0.1, -0.05) is 46.3 Å². The summed E-state index contributed by atoms with van der Waals surface area (Å²) in [6, 6.07) is 0. The second-order valence-corrected chi connectivity index (χ2v) is 22.2. The number of carbonyl (C=O) groups is 1. The molecule has 360 valence electrons.